The third kappa shape index (κ3) is 5.64. The van der Waals surface area contributed by atoms with Gasteiger partial charge in [-0.25, -0.2) is 0 Å². The fraction of sp³-hybridized carbons (Fsp3) is 0.846. The lowest BCUT2D eigenvalue weighted by atomic mass is 10.3. The van der Waals surface area contributed by atoms with Crippen LogP contribution in [-0.4, -0.2) is 56.7 Å². The largest absolute Gasteiger partial charge is 0.378 e. The molecule has 1 heterocycles. The molecule has 4 heteroatoms. The predicted octanol–water partition coefficient (Wildman–Crippen LogP) is 1.66. The molecule has 100 valence electrons. The van der Waals surface area contributed by atoms with Gasteiger partial charge in [-0.2, -0.15) is 0 Å². The molecule has 0 aromatic rings. The van der Waals surface area contributed by atoms with Gasteiger partial charge in [-0.1, -0.05) is 12.2 Å². The van der Waals surface area contributed by atoms with E-state index in [1.165, 1.54) is 0 Å². The van der Waals surface area contributed by atoms with Crippen molar-refractivity contribution in [1.82, 2.24) is 4.90 Å². The Bertz CT molecular complexity index is 241. The Labute approximate surface area is 105 Å². The third-order valence-corrected chi connectivity index (χ3v) is 2.80. The van der Waals surface area contributed by atoms with E-state index in [-0.39, 0.29) is 5.72 Å². The monoisotopic (exact) mass is 243 g/mol. The van der Waals surface area contributed by atoms with Crippen LogP contribution in [0.15, 0.2) is 12.2 Å². The zero-order valence-corrected chi connectivity index (χ0v) is 11.3. The Morgan fingerprint density at radius 3 is 2.59 bits per heavy atom. The smallest absolute Gasteiger partial charge is 0.116 e. The quantitative estimate of drug-likeness (QED) is 0.479. The van der Waals surface area contributed by atoms with Crippen LogP contribution in [0.5, 0.6) is 0 Å². The second-order valence-electron chi connectivity index (χ2n) is 4.90. The van der Waals surface area contributed by atoms with Crippen LogP contribution in [0.2, 0.25) is 0 Å². The maximum absolute atomic E-state index is 5.61. The van der Waals surface area contributed by atoms with Crippen molar-refractivity contribution in [3.63, 3.8) is 0 Å². The van der Waals surface area contributed by atoms with Gasteiger partial charge in [0.2, 0.25) is 0 Å². The van der Waals surface area contributed by atoms with Crippen LogP contribution in [0.3, 0.4) is 0 Å². The van der Waals surface area contributed by atoms with Gasteiger partial charge < -0.3 is 14.2 Å². The van der Waals surface area contributed by atoms with Crippen LogP contribution in [0, 0.1) is 0 Å². The summed E-state index contributed by atoms with van der Waals surface area (Å²) in [6, 6.07) is 0. The molecule has 1 fully saturated rings. The summed E-state index contributed by atoms with van der Waals surface area (Å²) >= 11 is 0. The molecule has 1 rings (SSSR count). The average Bonchev–Trinajstić information content (AvgIpc) is 2.56. The summed E-state index contributed by atoms with van der Waals surface area (Å²) in [5.41, 5.74) is 0.903. The SMILES string of the molecule is C=C(C)COCCOCCN1CCOC1(C)C. The van der Waals surface area contributed by atoms with Crippen molar-refractivity contribution >= 4 is 0 Å². The summed E-state index contributed by atoms with van der Waals surface area (Å²) < 4.78 is 16.5. The van der Waals surface area contributed by atoms with E-state index >= 15 is 0 Å². The Balaban J connectivity index is 1.96. The molecule has 0 spiro atoms. The molecule has 0 N–H and O–H groups in total. The molecule has 0 amide bonds. The Morgan fingerprint density at radius 1 is 1.29 bits per heavy atom. The van der Waals surface area contributed by atoms with Crippen molar-refractivity contribution in [1.29, 1.82) is 0 Å². The standard InChI is InChI=1S/C13H25NO3/c1-12(2)11-16-10-9-15-7-5-14-6-8-17-13(14,3)4/h1,5-11H2,2-4H3. The van der Waals surface area contributed by atoms with Gasteiger partial charge in [-0.3, -0.25) is 4.90 Å². The minimum absolute atomic E-state index is 0.139. The van der Waals surface area contributed by atoms with Gasteiger partial charge in [0.25, 0.3) is 0 Å². The normalized spacial score (nSPS) is 19.7. The van der Waals surface area contributed by atoms with Gasteiger partial charge in [0.1, 0.15) is 5.72 Å². The average molecular weight is 243 g/mol. The van der Waals surface area contributed by atoms with Crippen LogP contribution in [0.25, 0.3) is 0 Å². The summed E-state index contributed by atoms with van der Waals surface area (Å²) in [5, 5.41) is 0. The van der Waals surface area contributed by atoms with Crippen LogP contribution in [-0.2, 0) is 14.2 Å². The number of ether oxygens (including phenoxy) is 3. The number of hydrogen-bond donors (Lipinski definition) is 0. The van der Waals surface area contributed by atoms with Gasteiger partial charge in [0.05, 0.1) is 33.0 Å². The first-order chi connectivity index (χ1) is 8.02. The first-order valence-electron chi connectivity index (χ1n) is 6.21. The van der Waals surface area contributed by atoms with Gasteiger partial charge in [0, 0.05) is 13.1 Å². The lowest BCUT2D eigenvalue weighted by molar-refractivity contribution is -0.0599. The van der Waals surface area contributed by atoms with Gasteiger partial charge in [0.15, 0.2) is 0 Å². The Morgan fingerprint density at radius 2 is 2.00 bits per heavy atom. The number of hydrogen-bond acceptors (Lipinski definition) is 4. The molecule has 0 bridgehead atoms. The lowest BCUT2D eigenvalue weighted by Crippen LogP contribution is -2.41. The molecular weight excluding hydrogens is 218 g/mol. The van der Waals surface area contributed by atoms with E-state index in [9.17, 15) is 0 Å². The summed E-state index contributed by atoms with van der Waals surface area (Å²) in [5.74, 6) is 0. The first-order valence-corrected chi connectivity index (χ1v) is 6.21. The maximum atomic E-state index is 5.61. The molecule has 4 nitrogen and oxygen atoms in total. The molecule has 1 aliphatic rings. The predicted molar refractivity (Wildman–Crippen MR) is 68.1 cm³/mol. The molecule has 0 aromatic carbocycles. The van der Waals surface area contributed by atoms with Crippen molar-refractivity contribution in [2.45, 2.75) is 26.5 Å². The topological polar surface area (TPSA) is 30.9 Å². The van der Waals surface area contributed by atoms with Crippen molar-refractivity contribution in [3.8, 4) is 0 Å². The zero-order chi connectivity index (χ0) is 12.7. The molecule has 0 saturated carbocycles. The van der Waals surface area contributed by atoms with Crippen molar-refractivity contribution in [3.05, 3.63) is 12.2 Å². The summed E-state index contributed by atoms with van der Waals surface area (Å²) in [6.07, 6.45) is 0. The second kappa shape index (κ2) is 7.11. The Kier molecular flexibility index (Phi) is 6.12. The maximum Gasteiger partial charge on any atom is 0.116 e. The highest BCUT2D eigenvalue weighted by Gasteiger charge is 2.32. The molecule has 0 aromatic heterocycles. The van der Waals surface area contributed by atoms with E-state index in [2.05, 4.69) is 25.3 Å². The molecule has 0 radical (unpaired) electrons. The molecule has 17 heavy (non-hydrogen) atoms. The summed E-state index contributed by atoms with van der Waals surface area (Å²) in [6.45, 7) is 15.2. The Hall–Kier alpha value is -0.420. The van der Waals surface area contributed by atoms with Crippen molar-refractivity contribution < 1.29 is 14.2 Å². The summed E-state index contributed by atoms with van der Waals surface area (Å²) in [4.78, 5) is 2.29. The molecule has 1 saturated heterocycles. The first kappa shape index (κ1) is 14.6. The second-order valence-corrected chi connectivity index (χ2v) is 4.90. The summed E-state index contributed by atoms with van der Waals surface area (Å²) in [7, 11) is 0. The highest BCUT2D eigenvalue weighted by atomic mass is 16.5. The van der Waals surface area contributed by atoms with Crippen LogP contribution in [0.4, 0.5) is 0 Å². The van der Waals surface area contributed by atoms with Crippen LogP contribution < -0.4 is 0 Å². The van der Waals surface area contributed by atoms with Crippen LogP contribution >= 0.6 is 0 Å². The van der Waals surface area contributed by atoms with Crippen molar-refractivity contribution in [2.24, 2.45) is 0 Å². The van der Waals surface area contributed by atoms with E-state index in [1.54, 1.807) is 0 Å². The minimum atomic E-state index is -0.139. The van der Waals surface area contributed by atoms with E-state index in [0.717, 1.165) is 31.9 Å². The van der Waals surface area contributed by atoms with Crippen LogP contribution in [0.1, 0.15) is 20.8 Å². The van der Waals surface area contributed by atoms with E-state index in [4.69, 9.17) is 14.2 Å². The minimum Gasteiger partial charge on any atom is -0.378 e. The fourth-order valence-corrected chi connectivity index (χ4v) is 1.79. The highest BCUT2D eigenvalue weighted by molar-refractivity contribution is 4.87. The molecule has 1 aliphatic heterocycles. The number of nitrogens with zero attached hydrogens (tertiary/aromatic N) is 1. The molecule has 0 atom stereocenters. The van der Waals surface area contributed by atoms with Crippen molar-refractivity contribution in [2.75, 3.05) is 46.1 Å². The van der Waals surface area contributed by atoms with Gasteiger partial charge in [-0.05, 0) is 20.8 Å². The fourth-order valence-electron chi connectivity index (χ4n) is 1.79. The molecule has 0 aliphatic carbocycles. The lowest BCUT2D eigenvalue weighted by Gasteiger charge is -2.29. The van der Waals surface area contributed by atoms with E-state index in [0.29, 0.717) is 19.8 Å². The molecular formula is C13H25NO3. The highest BCUT2D eigenvalue weighted by Crippen LogP contribution is 2.20. The van der Waals surface area contributed by atoms with E-state index < -0.39 is 0 Å². The zero-order valence-electron chi connectivity index (χ0n) is 11.3. The third-order valence-electron chi connectivity index (χ3n) is 2.80. The molecule has 0 unspecified atom stereocenters. The van der Waals surface area contributed by atoms with Gasteiger partial charge in [-0.15, -0.1) is 0 Å². The number of rotatable bonds is 8. The van der Waals surface area contributed by atoms with Gasteiger partial charge >= 0.3 is 0 Å². The van der Waals surface area contributed by atoms with E-state index in [1.807, 2.05) is 6.92 Å².